The van der Waals surface area contributed by atoms with Crippen LogP contribution in [0.5, 0.6) is 0 Å². The molecule has 0 spiro atoms. The molecule has 0 amide bonds. The summed E-state index contributed by atoms with van der Waals surface area (Å²) in [5.41, 5.74) is 0.758. The summed E-state index contributed by atoms with van der Waals surface area (Å²) in [5.74, 6) is 2.10. The van der Waals surface area contributed by atoms with Gasteiger partial charge < -0.3 is 15.4 Å². The van der Waals surface area contributed by atoms with E-state index in [0.717, 1.165) is 69.9 Å². The zero-order valence-corrected chi connectivity index (χ0v) is 20.3. The number of alkyl halides is 3. The fraction of sp³-hybridized carbons (Fsp3) is 0.440. The Morgan fingerprint density at radius 1 is 1.05 bits per heavy atom. The average Bonchev–Trinajstić information content (AvgIpc) is 3.64. The molecule has 1 aliphatic carbocycles. The van der Waals surface area contributed by atoms with E-state index in [1.165, 1.54) is 6.07 Å². The molecule has 37 heavy (non-hydrogen) atoms. The van der Waals surface area contributed by atoms with Crippen LogP contribution >= 0.6 is 0 Å². The van der Waals surface area contributed by atoms with E-state index in [1.807, 2.05) is 6.07 Å². The highest BCUT2D eigenvalue weighted by molar-refractivity contribution is 5.68. The van der Waals surface area contributed by atoms with Gasteiger partial charge in [0.25, 0.3) is 0 Å². The molecule has 3 heterocycles. The minimum atomic E-state index is -4.41. The average molecular weight is 515 g/mol. The van der Waals surface area contributed by atoms with Crippen molar-refractivity contribution >= 4 is 29.9 Å². The Labute approximate surface area is 212 Å². The van der Waals surface area contributed by atoms with Gasteiger partial charge in [0.05, 0.1) is 18.8 Å². The van der Waals surface area contributed by atoms with Crippen molar-refractivity contribution in [1.82, 2.24) is 30.0 Å². The number of nitrogens with one attached hydrogen (secondary N) is 3. The number of aromatic nitrogens is 5. The summed E-state index contributed by atoms with van der Waals surface area (Å²) in [6.07, 6.45) is 1.91. The molecule has 1 saturated heterocycles. The van der Waals surface area contributed by atoms with Crippen molar-refractivity contribution in [3.63, 3.8) is 0 Å². The second-order valence-electron chi connectivity index (χ2n) is 9.14. The maximum Gasteiger partial charge on any atom is 0.416 e. The van der Waals surface area contributed by atoms with E-state index in [1.54, 1.807) is 18.2 Å². The van der Waals surface area contributed by atoms with E-state index in [-0.39, 0.29) is 0 Å². The van der Waals surface area contributed by atoms with Gasteiger partial charge in [-0.15, -0.1) is 0 Å². The molecule has 3 N–H and O–H groups in total. The SMILES string of the molecule is FC(F)(F)c1cccc(/C=C/c2nc(NCCCN3CCOCC3)nc(Nc3cc(C4CC4)[nH]n3)n2)c1. The highest BCUT2D eigenvalue weighted by Crippen LogP contribution is 2.39. The fourth-order valence-corrected chi connectivity index (χ4v) is 4.04. The first-order valence-corrected chi connectivity index (χ1v) is 12.4. The van der Waals surface area contributed by atoms with Crippen molar-refractivity contribution in [3.8, 4) is 0 Å². The lowest BCUT2D eigenvalue weighted by atomic mass is 10.1. The van der Waals surface area contributed by atoms with Gasteiger partial charge in [0.15, 0.2) is 11.6 Å². The Bertz CT molecular complexity index is 1220. The van der Waals surface area contributed by atoms with Crippen molar-refractivity contribution in [2.75, 3.05) is 50.0 Å². The predicted molar refractivity (Wildman–Crippen MR) is 134 cm³/mol. The summed E-state index contributed by atoms with van der Waals surface area (Å²) in [6.45, 7) is 4.96. The van der Waals surface area contributed by atoms with Crippen LogP contribution < -0.4 is 10.6 Å². The molecule has 0 radical (unpaired) electrons. The monoisotopic (exact) mass is 514 g/mol. The fourth-order valence-electron chi connectivity index (χ4n) is 4.04. The van der Waals surface area contributed by atoms with Crippen molar-refractivity contribution in [3.05, 3.63) is 53.0 Å². The molecular weight excluding hydrogens is 485 g/mol. The van der Waals surface area contributed by atoms with Gasteiger partial charge in [0.2, 0.25) is 11.9 Å². The molecule has 0 unspecified atom stereocenters. The van der Waals surface area contributed by atoms with E-state index < -0.39 is 11.7 Å². The zero-order chi connectivity index (χ0) is 25.7. The number of halogens is 3. The normalized spacial score (nSPS) is 16.8. The number of hydrogen-bond acceptors (Lipinski definition) is 8. The molecule has 2 aromatic heterocycles. The van der Waals surface area contributed by atoms with Gasteiger partial charge in [0.1, 0.15) is 0 Å². The molecule has 1 aliphatic heterocycles. The number of aromatic amines is 1. The topological polar surface area (TPSA) is 104 Å². The molecule has 0 bridgehead atoms. The summed E-state index contributed by atoms with van der Waals surface area (Å²) < 4.78 is 44.6. The van der Waals surface area contributed by atoms with Gasteiger partial charge in [-0.2, -0.15) is 33.2 Å². The maximum atomic E-state index is 13.1. The van der Waals surface area contributed by atoms with Crippen molar-refractivity contribution in [2.24, 2.45) is 0 Å². The minimum Gasteiger partial charge on any atom is -0.379 e. The molecular formula is C25H29F3N8O. The minimum absolute atomic E-state index is 0.295. The quantitative estimate of drug-likeness (QED) is 0.339. The van der Waals surface area contributed by atoms with Crippen LogP contribution in [0.25, 0.3) is 12.2 Å². The van der Waals surface area contributed by atoms with Crippen molar-refractivity contribution in [2.45, 2.75) is 31.4 Å². The van der Waals surface area contributed by atoms with Crippen LogP contribution in [0.2, 0.25) is 0 Å². The molecule has 2 aliphatic rings. The Morgan fingerprint density at radius 2 is 1.86 bits per heavy atom. The van der Waals surface area contributed by atoms with Crippen molar-refractivity contribution < 1.29 is 17.9 Å². The van der Waals surface area contributed by atoms with Crippen LogP contribution in [-0.4, -0.2) is 69.4 Å². The lowest BCUT2D eigenvalue weighted by molar-refractivity contribution is -0.137. The summed E-state index contributed by atoms with van der Waals surface area (Å²) in [7, 11) is 0. The van der Waals surface area contributed by atoms with E-state index in [9.17, 15) is 13.2 Å². The van der Waals surface area contributed by atoms with Crippen LogP contribution in [0.4, 0.5) is 30.9 Å². The summed E-state index contributed by atoms with van der Waals surface area (Å²) in [6, 6.07) is 7.04. The first kappa shape index (κ1) is 25.2. The Kier molecular flexibility index (Phi) is 7.65. The first-order valence-electron chi connectivity index (χ1n) is 12.4. The van der Waals surface area contributed by atoms with Crippen LogP contribution in [0.15, 0.2) is 30.3 Å². The standard InChI is InChI=1S/C25H29F3N8O/c26-25(27,28)19-4-1-3-17(15-19)5-8-21-30-23(29-9-2-10-36-11-13-37-14-12-36)33-24(31-21)32-22-16-20(34-35-22)18-6-7-18/h1,3-5,8,15-16,18H,2,6-7,9-14H2,(H3,29,30,31,32,33,34,35)/b8-5+. The molecule has 12 heteroatoms. The highest BCUT2D eigenvalue weighted by Gasteiger charge is 2.30. The number of ether oxygens (including phenoxy) is 1. The van der Waals surface area contributed by atoms with Gasteiger partial charge in [-0.1, -0.05) is 18.2 Å². The van der Waals surface area contributed by atoms with Gasteiger partial charge >= 0.3 is 6.18 Å². The van der Waals surface area contributed by atoms with Gasteiger partial charge in [-0.05, 0) is 49.6 Å². The molecule has 3 aromatic rings. The number of H-pyrrole nitrogens is 1. The number of anilines is 3. The number of morpholine rings is 1. The summed E-state index contributed by atoms with van der Waals surface area (Å²) in [4.78, 5) is 15.7. The lowest BCUT2D eigenvalue weighted by Crippen LogP contribution is -2.37. The second-order valence-corrected chi connectivity index (χ2v) is 9.14. The molecule has 1 saturated carbocycles. The number of rotatable bonds is 10. The van der Waals surface area contributed by atoms with Crippen LogP contribution in [0.3, 0.4) is 0 Å². The second kappa shape index (κ2) is 11.3. The van der Waals surface area contributed by atoms with E-state index in [4.69, 9.17) is 4.74 Å². The van der Waals surface area contributed by atoms with Crippen LogP contribution in [0.1, 0.15) is 47.8 Å². The third-order valence-electron chi connectivity index (χ3n) is 6.18. The Morgan fingerprint density at radius 3 is 2.65 bits per heavy atom. The summed E-state index contributed by atoms with van der Waals surface area (Å²) in [5, 5.41) is 13.7. The molecule has 5 rings (SSSR count). The number of nitrogens with zero attached hydrogens (tertiary/aromatic N) is 5. The van der Waals surface area contributed by atoms with Gasteiger partial charge in [-0.3, -0.25) is 10.00 Å². The predicted octanol–water partition coefficient (Wildman–Crippen LogP) is 4.54. The third kappa shape index (κ3) is 7.26. The molecule has 0 atom stereocenters. The van der Waals surface area contributed by atoms with Crippen molar-refractivity contribution in [1.29, 1.82) is 0 Å². The van der Waals surface area contributed by atoms with E-state index in [2.05, 4.69) is 40.7 Å². The maximum absolute atomic E-state index is 13.1. The Balaban J connectivity index is 1.30. The molecule has 9 nitrogen and oxygen atoms in total. The van der Waals surface area contributed by atoms with E-state index in [0.29, 0.717) is 41.6 Å². The highest BCUT2D eigenvalue weighted by atomic mass is 19.4. The van der Waals surface area contributed by atoms with Crippen LogP contribution in [0, 0.1) is 0 Å². The molecule has 2 fully saturated rings. The van der Waals surface area contributed by atoms with E-state index >= 15 is 0 Å². The lowest BCUT2D eigenvalue weighted by Gasteiger charge is -2.26. The molecule has 196 valence electrons. The number of hydrogen-bond donors (Lipinski definition) is 3. The number of benzene rings is 1. The Hall–Kier alpha value is -3.51. The molecule has 1 aromatic carbocycles. The van der Waals surface area contributed by atoms with Gasteiger partial charge in [-0.25, -0.2) is 0 Å². The van der Waals surface area contributed by atoms with Gasteiger partial charge in [0, 0.05) is 37.3 Å². The third-order valence-corrected chi connectivity index (χ3v) is 6.18. The largest absolute Gasteiger partial charge is 0.416 e. The first-order chi connectivity index (χ1) is 17.9. The smallest absolute Gasteiger partial charge is 0.379 e. The summed E-state index contributed by atoms with van der Waals surface area (Å²) >= 11 is 0. The zero-order valence-electron chi connectivity index (χ0n) is 20.3. The van der Waals surface area contributed by atoms with Crippen LogP contribution in [-0.2, 0) is 10.9 Å².